The largest absolute Gasteiger partial charge is 0.354 e. The van der Waals surface area contributed by atoms with Crippen molar-refractivity contribution in [2.45, 2.75) is 71.3 Å². The third-order valence-corrected chi connectivity index (χ3v) is 5.09. The monoisotopic (exact) mass is 280 g/mol. The molecule has 1 unspecified atom stereocenters. The number of hydrogen-bond donors (Lipinski definition) is 1. The van der Waals surface area contributed by atoms with E-state index in [4.69, 9.17) is 0 Å². The van der Waals surface area contributed by atoms with E-state index in [2.05, 4.69) is 24.1 Å². The van der Waals surface area contributed by atoms with Gasteiger partial charge in [-0.3, -0.25) is 9.69 Å². The molecule has 0 radical (unpaired) electrons. The Morgan fingerprint density at radius 1 is 1.05 bits per heavy atom. The van der Waals surface area contributed by atoms with Crippen LogP contribution in [0.25, 0.3) is 0 Å². The van der Waals surface area contributed by atoms with Gasteiger partial charge in [-0.1, -0.05) is 39.5 Å². The molecule has 1 atom stereocenters. The first-order valence-electron chi connectivity index (χ1n) is 8.70. The van der Waals surface area contributed by atoms with Crippen LogP contribution in [0.1, 0.15) is 65.2 Å². The van der Waals surface area contributed by atoms with Crippen molar-refractivity contribution in [2.75, 3.05) is 19.6 Å². The predicted molar refractivity (Wildman–Crippen MR) is 83.6 cm³/mol. The van der Waals surface area contributed by atoms with Crippen LogP contribution in [0.3, 0.4) is 0 Å². The Bertz CT molecular complexity index is 291. The lowest BCUT2D eigenvalue weighted by Gasteiger charge is -2.37. The molecule has 1 heterocycles. The Morgan fingerprint density at radius 3 is 2.25 bits per heavy atom. The number of carbonyl (C=O) groups excluding carboxylic acids is 1. The third kappa shape index (κ3) is 4.47. The highest BCUT2D eigenvalue weighted by Gasteiger charge is 2.26. The highest BCUT2D eigenvalue weighted by Crippen LogP contribution is 2.24. The van der Waals surface area contributed by atoms with Gasteiger partial charge in [-0.05, 0) is 44.7 Å². The van der Waals surface area contributed by atoms with Crippen LogP contribution in [0, 0.1) is 11.8 Å². The van der Waals surface area contributed by atoms with Gasteiger partial charge < -0.3 is 5.32 Å². The van der Waals surface area contributed by atoms with Crippen LogP contribution in [-0.2, 0) is 4.79 Å². The molecule has 20 heavy (non-hydrogen) atoms. The maximum Gasteiger partial charge on any atom is 0.223 e. The molecule has 0 bridgehead atoms. The summed E-state index contributed by atoms with van der Waals surface area (Å²) in [6.07, 6.45) is 9.99. The zero-order chi connectivity index (χ0) is 14.4. The molecule has 0 aromatic rings. The fourth-order valence-electron chi connectivity index (χ4n) is 3.75. The molecule has 1 aliphatic heterocycles. The number of amides is 1. The minimum absolute atomic E-state index is 0.290. The van der Waals surface area contributed by atoms with Gasteiger partial charge in [0.05, 0.1) is 0 Å². The van der Waals surface area contributed by atoms with Crippen molar-refractivity contribution in [3.8, 4) is 0 Å². The smallest absolute Gasteiger partial charge is 0.223 e. The fraction of sp³-hybridized carbons (Fsp3) is 0.941. The summed E-state index contributed by atoms with van der Waals surface area (Å²) in [6.45, 7) is 7.83. The van der Waals surface area contributed by atoms with Gasteiger partial charge in [-0.25, -0.2) is 0 Å². The minimum Gasteiger partial charge on any atom is -0.354 e. The summed E-state index contributed by atoms with van der Waals surface area (Å²) in [4.78, 5) is 14.9. The molecule has 1 aliphatic carbocycles. The second-order valence-corrected chi connectivity index (χ2v) is 6.99. The Kier molecular flexibility index (Phi) is 6.34. The molecule has 116 valence electrons. The summed E-state index contributed by atoms with van der Waals surface area (Å²) >= 11 is 0. The van der Waals surface area contributed by atoms with E-state index in [0.29, 0.717) is 17.9 Å². The molecule has 0 spiro atoms. The fourth-order valence-corrected chi connectivity index (χ4v) is 3.75. The zero-order valence-electron chi connectivity index (χ0n) is 13.4. The summed E-state index contributed by atoms with van der Waals surface area (Å²) in [6, 6.07) is 0.517. The number of carbonyl (C=O) groups is 1. The Morgan fingerprint density at radius 2 is 1.65 bits per heavy atom. The SMILES string of the molecule is CC(C)C(CNC(=O)C1CCCCC1)N1CCCCC1. The van der Waals surface area contributed by atoms with Crippen LogP contribution in [0.15, 0.2) is 0 Å². The van der Waals surface area contributed by atoms with Crippen molar-refractivity contribution in [3.63, 3.8) is 0 Å². The van der Waals surface area contributed by atoms with Gasteiger partial charge in [0.2, 0.25) is 5.91 Å². The van der Waals surface area contributed by atoms with Crippen molar-refractivity contribution < 1.29 is 4.79 Å². The number of piperidine rings is 1. The second-order valence-electron chi connectivity index (χ2n) is 6.99. The van der Waals surface area contributed by atoms with Crippen molar-refractivity contribution >= 4 is 5.91 Å². The van der Waals surface area contributed by atoms with Gasteiger partial charge in [-0.2, -0.15) is 0 Å². The predicted octanol–water partition coefficient (Wildman–Crippen LogP) is 3.19. The number of nitrogens with zero attached hydrogens (tertiary/aromatic N) is 1. The minimum atomic E-state index is 0.290. The van der Waals surface area contributed by atoms with Crippen LogP contribution in [0.5, 0.6) is 0 Å². The van der Waals surface area contributed by atoms with Crippen LogP contribution >= 0.6 is 0 Å². The Balaban J connectivity index is 1.80. The molecular weight excluding hydrogens is 248 g/mol. The topological polar surface area (TPSA) is 32.3 Å². The van der Waals surface area contributed by atoms with Gasteiger partial charge in [0, 0.05) is 18.5 Å². The first-order chi connectivity index (χ1) is 9.68. The number of hydrogen-bond acceptors (Lipinski definition) is 2. The molecule has 1 saturated carbocycles. The normalized spacial score (nSPS) is 23.8. The highest BCUT2D eigenvalue weighted by atomic mass is 16.1. The Labute approximate surface area is 124 Å². The van der Waals surface area contributed by atoms with Crippen LogP contribution in [-0.4, -0.2) is 36.5 Å². The van der Waals surface area contributed by atoms with E-state index in [0.717, 1.165) is 19.4 Å². The van der Waals surface area contributed by atoms with E-state index in [1.165, 1.54) is 51.6 Å². The van der Waals surface area contributed by atoms with Crippen molar-refractivity contribution in [1.29, 1.82) is 0 Å². The lowest BCUT2D eigenvalue weighted by atomic mass is 9.88. The van der Waals surface area contributed by atoms with Crippen LogP contribution < -0.4 is 5.32 Å². The van der Waals surface area contributed by atoms with Gasteiger partial charge in [0.15, 0.2) is 0 Å². The molecule has 2 rings (SSSR count). The summed E-state index contributed by atoms with van der Waals surface area (Å²) < 4.78 is 0. The molecule has 1 amide bonds. The van der Waals surface area contributed by atoms with Gasteiger partial charge in [0.25, 0.3) is 0 Å². The van der Waals surface area contributed by atoms with Crippen LogP contribution in [0.2, 0.25) is 0 Å². The lowest BCUT2D eigenvalue weighted by molar-refractivity contribution is -0.126. The number of rotatable bonds is 5. The van der Waals surface area contributed by atoms with Gasteiger partial charge >= 0.3 is 0 Å². The first kappa shape index (κ1) is 15.8. The number of nitrogens with one attached hydrogen (secondary N) is 1. The molecule has 2 aliphatic rings. The molecule has 2 fully saturated rings. The average molecular weight is 280 g/mol. The van der Waals surface area contributed by atoms with Crippen LogP contribution in [0.4, 0.5) is 0 Å². The van der Waals surface area contributed by atoms with Gasteiger partial charge in [-0.15, -0.1) is 0 Å². The molecule has 1 N–H and O–H groups in total. The lowest BCUT2D eigenvalue weighted by Crippen LogP contribution is -2.49. The zero-order valence-corrected chi connectivity index (χ0v) is 13.4. The third-order valence-electron chi connectivity index (χ3n) is 5.09. The molecule has 0 aromatic heterocycles. The van der Waals surface area contributed by atoms with Crippen molar-refractivity contribution in [1.82, 2.24) is 10.2 Å². The van der Waals surface area contributed by atoms with Gasteiger partial charge in [0.1, 0.15) is 0 Å². The Hall–Kier alpha value is -0.570. The molecular formula is C17H32N2O. The quantitative estimate of drug-likeness (QED) is 0.839. The van der Waals surface area contributed by atoms with E-state index in [9.17, 15) is 4.79 Å². The maximum absolute atomic E-state index is 12.3. The second kappa shape index (κ2) is 8.02. The van der Waals surface area contributed by atoms with E-state index in [-0.39, 0.29) is 5.92 Å². The van der Waals surface area contributed by atoms with E-state index >= 15 is 0 Å². The van der Waals surface area contributed by atoms with Crippen molar-refractivity contribution in [2.24, 2.45) is 11.8 Å². The van der Waals surface area contributed by atoms with E-state index in [1.54, 1.807) is 0 Å². The standard InChI is InChI=1S/C17H32N2O/c1-14(2)16(19-11-7-4-8-12-19)13-18-17(20)15-9-5-3-6-10-15/h14-16H,3-13H2,1-2H3,(H,18,20). The molecule has 1 saturated heterocycles. The highest BCUT2D eigenvalue weighted by molar-refractivity contribution is 5.78. The summed E-state index contributed by atoms with van der Waals surface area (Å²) in [5.41, 5.74) is 0. The summed E-state index contributed by atoms with van der Waals surface area (Å²) in [5, 5.41) is 3.25. The summed E-state index contributed by atoms with van der Waals surface area (Å²) in [5.74, 6) is 1.21. The number of likely N-dealkylation sites (tertiary alicyclic amines) is 1. The first-order valence-corrected chi connectivity index (χ1v) is 8.70. The maximum atomic E-state index is 12.3. The molecule has 3 nitrogen and oxygen atoms in total. The van der Waals surface area contributed by atoms with E-state index < -0.39 is 0 Å². The van der Waals surface area contributed by atoms with Crippen molar-refractivity contribution in [3.05, 3.63) is 0 Å². The molecule has 0 aromatic carbocycles. The van der Waals surface area contributed by atoms with E-state index in [1.807, 2.05) is 0 Å². The average Bonchev–Trinajstić information content (AvgIpc) is 2.49. The summed E-state index contributed by atoms with van der Waals surface area (Å²) in [7, 11) is 0. The molecule has 3 heteroatoms.